The molecular weight excluding hydrogens is 176 g/mol. The molecule has 0 radical (unpaired) electrons. The highest BCUT2D eigenvalue weighted by Crippen LogP contribution is 2.00. The molecule has 0 saturated heterocycles. The van der Waals surface area contributed by atoms with Gasteiger partial charge in [-0.15, -0.1) is 0 Å². The van der Waals surface area contributed by atoms with Crippen LogP contribution in [-0.2, 0) is 13.0 Å². The summed E-state index contributed by atoms with van der Waals surface area (Å²) in [4.78, 5) is 14.3. The second-order valence-corrected chi connectivity index (χ2v) is 3.73. The molecule has 0 aromatic carbocycles. The molecule has 0 bridgehead atoms. The standard InChI is InChI=1S/C11H20N2O/c1-3-5-7-10-9-13(8-6-4-2)11(14)12-10/h9H,3-8H2,1-2H3,(H,12,14). The van der Waals surface area contributed by atoms with Gasteiger partial charge in [0, 0.05) is 18.4 Å². The van der Waals surface area contributed by atoms with Gasteiger partial charge in [0.05, 0.1) is 0 Å². The summed E-state index contributed by atoms with van der Waals surface area (Å²) < 4.78 is 1.79. The van der Waals surface area contributed by atoms with Crippen LogP contribution in [0, 0.1) is 0 Å². The Balaban J connectivity index is 2.58. The number of nitrogens with one attached hydrogen (secondary N) is 1. The van der Waals surface area contributed by atoms with Crippen LogP contribution in [0.25, 0.3) is 0 Å². The Morgan fingerprint density at radius 2 is 2.00 bits per heavy atom. The Bertz CT molecular complexity index is 311. The van der Waals surface area contributed by atoms with Crippen molar-refractivity contribution in [1.82, 2.24) is 9.55 Å². The molecule has 0 amide bonds. The summed E-state index contributed by atoms with van der Waals surface area (Å²) in [5.74, 6) is 0. The molecule has 1 aromatic rings. The van der Waals surface area contributed by atoms with E-state index in [1.165, 1.54) is 6.42 Å². The minimum atomic E-state index is 0.0459. The zero-order chi connectivity index (χ0) is 10.4. The Hall–Kier alpha value is -0.990. The molecule has 0 atom stereocenters. The van der Waals surface area contributed by atoms with Gasteiger partial charge in [-0.3, -0.25) is 4.57 Å². The average molecular weight is 196 g/mol. The molecule has 0 aliphatic carbocycles. The molecule has 1 rings (SSSR count). The number of hydrogen-bond acceptors (Lipinski definition) is 1. The molecule has 0 fully saturated rings. The van der Waals surface area contributed by atoms with E-state index < -0.39 is 0 Å². The second-order valence-electron chi connectivity index (χ2n) is 3.73. The van der Waals surface area contributed by atoms with Crippen molar-refractivity contribution >= 4 is 0 Å². The maximum absolute atomic E-state index is 11.4. The van der Waals surface area contributed by atoms with E-state index >= 15 is 0 Å². The van der Waals surface area contributed by atoms with Crippen LogP contribution in [0.1, 0.15) is 45.2 Å². The summed E-state index contributed by atoms with van der Waals surface area (Å²) in [5, 5.41) is 0. The Morgan fingerprint density at radius 3 is 2.64 bits per heavy atom. The first kappa shape index (κ1) is 11.1. The van der Waals surface area contributed by atoms with E-state index in [1.54, 1.807) is 4.57 Å². The van der Waals surface area contributed by atoms with Crippen LogP contribution >= 0.6 is 0 Å². The minimum absolute atomic E-state index is 0.0459. The van der Waals surface area contributed by atoms with Crippen LogP contribution < -0.4 is 5.69 Å². The molecule has 3 nitrogen and oxygen atoms in total. The van der Waals surface area contributed by atoms with Crippen molar-refractivity contribution in [2.75, 3.05) is 0 Å². The second kappa shape index (κ2) is 5.68. The number of aryl methyl sites for hydroxylation is 2. The molecule has 0 saturated carbocycles. The fraction of sp³-hybridized carbons (Fsp3) is 0.727. The smallest absolute Gasteiger partial charge is 0.310 e. The van der Waals surface area contributed by atoms with E-state index in [-0.39, 0.29) is 5.69 Å². The van der Waals surface area contributed by atoms with Crippen molar-refractivity contribution < 1.29 is 0 Å². The number of H-pyrrole nitrogens is 1. The third kappa shape index (κ3) is 3.05. The lowest BCUT2D eigenvalue weighted by Crippen LogP contribution is -2.15. The summed E-state index contributed by atoms with van der Waals surface area (Å²) in [5.41, 5.74) is 1.12. The number of rotatable bonds is 6. The molecule has 0 aliphatic heterocycles. The lowest BCUT2D eigenvalue weighted by atomic mass is 10.2. The summed E-state index contributed by atoms with van der Waals surface area (Å²) >= 11 is 0. The van der Waals surface area contributed by atoms with Crippen LogP contribution in [0.2, 0.25) is 0 Å². The maximum Gasteiger partial charge on any atom is 0.325 e. The monoisotopic (exact) mass is 196 g/mol. The van der Waals surface area contributed by atoms with E-state index in [2.05, 4.69) is 18.8 Å². The number of aromatic amines is 1. The van der Waals surface area contributed by atoms with Crippen molar-refractivity contribution in [2.24, 2.45) is 0 Å². The van der Waals surface area contributed by atoms with Gasteiger partial charge in [0.15, 0.2) is 0 Å². The van der Waals surface area contributed by atoms with E-state index in [4.69, 9.17) is 0 Å². The fourth-order valence-corrected chi connectivity index (χ4v) is 1.48. The van der Waals surface area contributed by atoms with Crippen LogP contribution in [0.15, 0.2) is 11.0 Å². The van der Waals surface area contributed by atoms with Crippen LogP contribution in [-0.4, -0.2) is 9.55 Å². The topological polar surface area (TPSA) is 37.8 Å². The molecule has 0 spiro atoms. The first-order chi connectivity index (χ1) is 6.77. The van der Waals surface area contributed by atoms with Gasteiger partial charge in [-0.05, 0) is 19.3 Å². The molecule has 1 heterocycles. The Labute approximate surface area is 85.2 Å². The van der Waals surface area contributed by atoms with Gasteiger partial charge in [0.25, 0.3) is 0 Å². The highest BCUT2D eigenvalue weighted by molar-refractivity contribution is 4.96. The fourth-order valence-electron chi connectivity index (χ4n) is 1.48. The lowest BCUT2D eigenvalue weighted by molar-refractivity contribution is 0.614. The van der Waals surface area contributed by atoms with Crippen LogP contribution in [0.4, 0.5) is 0 Å². The molecule has 0 unspecified atom stereocenters. The number of aromatic nitrogens is 2. The maximum atomic E-state index is 11.4. The van der Waals surface area contributed by atoms with Gasteiger partial charge in [0.1, 0.15) is 0 Å². The third-order valence-electron chi connectivity index (χ3n) is 2.39. The van der Waals surface area contributed by atoms with E-state index in [0.29, 0.717) is 0 Å². The zero-order valence-electron chi connectivity index (χ0n) is 9.18. The third-order valence-corrected chi connectivity index (χ3v) is 2.39. The van der Waals surface area contributed by atoms with Gasteiger partial charge in [-0.25, -0.2) is 4.79 Å². The Kier molecular flexibility index (Phi) is 4.50. The van der Waals surface area contributed by atoms with E-state index in [9.17, 15) is 4.79 Å². The largest absolute Gasteiger partial charge is 0.325 e. The Morgan fingerprint density at radius 1 is 1.29 bits per heavy atom. The number of nitrogens with zero attached hydrogens (tertiary/aromatic N) is 1. The van der Waals surface area contributed by atoms with Crippen LogP contribution in [0.5, 0.6) is 0 Å². The van der Waals surface area contributed by atoms with Crippen molar-refractivity contribution in [2.45, 2.75) is 52.5 Å². The summed E-state index contributed by atoms with van der Waals surface area (Å²) in [6.07, 6.45) is 7.47. The van der Waals surface area contributed by atoms with Crippen molar-refractivity contribution in [3.63, 3.8) is 0 Å². The number of unbranched alkanes of at least 4 members (excludes halogenated alkanes) is 2. The van der Waals surface area contributed by atoms with Gasteiger partial charge < -0.3 is 4.98 Å². The van der Waals surface area contributed by atoms with E-state index in [1.807, 2.05) is 6.20 Å². The molecule has 3 heteroatoms. The average Bonchev–Trinajstić information content (AvgIpc) is 2.53. The number of hydrogen-bond donors (Lipinski definition) is 1. The summed E-state index contributed by atoms with van der Waals surface area (Å²) in [7, 11) is 0. The van der Waals surface area contributed by atoms with Gasteiger partial charge in [-0.1, -0.05) is 26.7 Å². The zero-order valence-corrected chi connectivity index (χ0v) is 9.18. The lowest BCUT2D eigenvalue weighted by Gasteiger charge is -1.97. The highest BCUT2D eigenvalue weighted by atomic mass is 16.1. The van der Waals surface area contributed by atoms with Crippen molar-refractivity contribution in [3.05, 3.63) is 22.4 Å². The predicted molar refractivity (Wildman–Crippen MR) is 58.6 cm³/mol. The van der Waals surface area contributed by atoms with Gasteiger partial charge in [0.2, 0.25) is 0 Å². The molecular formula is C11H20N2O. The molecule has 1 aromatic heterocycles. The SMILES string of the molecule is CCCCc1cn(CCCC)c(=O)[nH]1. The normalized spacial score (nSPS) is 10.7. The quantitative estimate of drug-likeness (QED) is 0.745. The van der Waals surface area contributed by atoms with Crippen molar-refractivity contribution in [3.8, 4) is 0 Å². The molecule has 14 heavy (non-hydrogen) atoms. The summed E-state index contributed by atoms with van der Waals surface area (Å²) in [6, 6.07) is 0. The first-order valence-electron chi connectivity index (χ1n) is 5.56. The number of imidazole rings is 1. The summed E-state index contributed by atoms with van der Waals surface area (Å²) in [6.45, 7) is 5.14. The van der Waals surface area contributed by atoms with Crippen LogP contribution in [0.3, 0.4) is 0 Å². The van der Waals surface area contributed by atoms with E-state index in [0.717, 1.165) is 37.9 Å². The van der Waals surface area contributed by atoms with Crippen molar-refractivity contribution in [1.29, 1.82) is 0 Å². The minimum Gasteiger partial charge on any atom is -0.310 e. The molecule has 0 aliphatic rings. The molecule has 1 N–H and O–H groups in total. The highest BCUT2D eigenvalue weighted by Gasteiger charge is 2.01. The van der Waals surface area contributed by atoms with Gasteiger partial charge in [-0.2, -0.15) is 0 Å². The first-order valence-corrected chi connectivity index (χ1v) is 5.56. The predicted octanol–water partition coefficient (Wildman–Crippen LogP) is 2.32. The molecule has 80 valence electrons. The van der Waals surface area contributed by atoms with Gasteiger partial charge >= 0.3 is 5.69 Å².